The number of pyridine rings is 1. The lowest BCUT2D eigenvalue weighted by molar-refractivity contribution is -0.181. The maximum absolute atomic E-state index is 13.8. The Labute approximate surface area is 826 Å². The zero-order valence-electron chi connectivity index (χ0n) is 82.4. The van der Waals surface area contributed by atoms with E-state index in [9.17, 15) is 97.7 Å². The lowest BCUT2D eigenvalue weighted by Gasteiger charge is -2.57. The van der Waals surface area contributed by atoms with Crippen LogP contribution in [0.25, 0.3) is 0 Å². The molecule has 0 spiro atoms. The van der Waals surface area contributed by atoms with E-state index in [2.05, 4.69) is 173 Å². The summed E-state index contributed by atoms with van der Waals surface area (Å²) in [6.07, 6.45) is 4.25. The zero-order chi connectivity index (χ0) is 105. The number of rotatable bonds is 30. The van der Waals surface area contributed by atoms with Crippen molar-refractivity contribution < 1.29 is 81.9 Å². The first kappa shape index (κ1) is 111. The summed E-state index contributed by atoms with van der Waals surface area (Å²) >= 11 is 0. The van der Waals surface area contributed by atoms with Gasteiger partial charge in [-0.25, -0.2) is 68.6 Å². The van der Waals surface area contributed by atoms with Crippen LogP contribution in [0, 0.1) is 91.2 Å². The number of nitrogens with zero attached hydrogens (tertiary/aromatic N) is 18. The molecule has 144 heavy (non-hydrogen) atoms. The standard InChI is InChI=1S/C21H25F5N4O.C20H22F6N4O.C20H22F3N5O.C20H26N6O.C20H26N6/c1-12-3-5-14(9-17(12)31)29-19-16(21(24,25)26)11-28-18(30-19)6-4-13-10-27-8-7-15(13)20(2,22)23;1-18(2)12(10-31)7-15(18)29-16-14(20(24,25)26)9-28-17(30-16)27-8-11-5-3-4-6-13(11)19(21,22)23;1-19(2)14(11-29)7-16(19)27-17-13(8-24)10-26-18(28-17)25-9-12-5-3-4-6-15(12)20(21,22)23;1-5-16-14(9-22-12-25-16)11-24-18-23-10-13(8-21)17(26-18)6-15-7-20(4,27)19(15,2)3;1-5-17-15(9-22-12-25-17)11-24-19-23-10-14(8-21)18(26-19)7-16-6-13(2)20(16,3)4/h7-8,10-12,14,17,31H,3-6,9H2,1-2H3,(H,28,29,30);3-6,9,12,15,31H,7-8,10H2,1-2H3,(H2,27,28,29,30);3-6,10,14,16,29H,7,9,11H2,1-2H3,(H2,25,26,27,28);9-10,12,15,27H,5-7,11H2,1-4H3,(H,23,24,26);9-10,12-13,16H,5-7,11H2,1-4H3,(H,23,24,26)/t12-,14+,17-;12-,15+;14-,16-;;13-,16-/m101.0/s1. The van der Waals surface area contributed by atoms with Crippen LogP contribution < -0.4 is 37.2 Å². The Morgan fingerprint density at radius 2 is 0.840 bits per heavy atom. The highest BCUT2D eigenvalue weighted by molar-refractivity contribution is 5.56. The van der Waals surface area contributed by atoms with E-state index >= 15 is 0 Å². The third kappa shape index (κ3) is 27.6. The summed E-state index contributed by atoms with van der Waals surface area (Å²) < 4.78 is 187. The molecule has 29 nitrogen and oxygen atoms in total. The van der Waals surface area contributed by atoms with Crippen molar-refractivity contribution in [3.8, 4) is 18.2 Å². The maximum Gasteiger partial charge on any atom is 0.421 e. The number of nitriles is 3. The molecule has 5 saturated carbocycles. The Kier molecular flexibility index (Phi) is 35.9. The van der Waals surface area contributed by atoms with Crippen molar-refractivity contribution in [2.45, 2.75) is 267 Å². The summed E-state index contributed by atoms with van der Waals surface area (Å²) in [7, 11) is 0. The van der Waals surface area contributed by atoms with Crippen LogP contribution in [0.1, 0.15) is 243 Å². The molecule has 10 aromatic rings. The Morgan fingerprint density at radius 3 is 1.26 bits per heavy atom. The number of aliphatic hydroxyl groups excluding tert-OH is 3. The topological polar surface area (TPSA) is 430 Å². The first-order valence-electron chi connectivity index (χ1n) is 47.4. The van der Waals surface area contributed by atoms with E-state index in [1.165, 1.54) is 67.5 Å². The van der Waals surface area contributed by atoms with Gasteiger partial charge in [-0.3, -0.25) is 4.98 Å². The van der Waals surface area contributed by atoms with Gasteiger partial charge in [-0.15, -0.1) is 0 Å². The van der Waals surface area contributed by atoms with Crippen LogP contribution in [0.5, 0.6) is 0 Å². The maximum atomic E-state index is 13.8. The summed E-state index contributed by atoms with van der Waals surface area (Å²) in [5.74, 6) is -0.783. The Bertz CT molecular complexity index is 6160. The highest BCUT2D eigenvalue weighted by Gasteiger charge is 2.57. The number of alkyl halides is 14. The minimum atomic E-state index is -4.71. The van der Waals surface area contributed by atoms with Crippen molar-refractivity contribution in [1.82, 2.24) is 74.8 Å². The monoisotopic (exact) mass is 2010 g/mol. The van der Waals surface area contributed by atoms with E-state index in [1.807, 2.05) is 53.8 Å². The number of aryl methyl sites for hydroxylation is 4. The second-order valence-corrected chi connectivity index (χ2v) is 39.7. The lowest BCUT2D eigenvalue weighted by Crippen LogP contribution is -2.59. The molecule has 8 aromatic heterocycles. The SMILES string of the molecule is CC1(C)[C@@H](CO)C[C@H]1Nc1nc(NCc2ccccc2C(F)(F)F)ncc1C#N.CC1(C)[C@H](CO)C[C@H]1Nc1nc(NCc2ccccc2C(F)(F)F)ncc1C(F)(F)F.CCc1ncncc1CNc1ncc(C#N)c(CC2CC(C)(O)C2(C)C)n1.CCc1ncncc1CNc1ncc(C#N)c(C[C@@H]2C[C@H](C)C2(C)C)n1.C[C@@H]1CC[C@H](Nc2nc(CCc3cnccc3C(C)(F)F)ncc2C(F)(F)F)C[C@H]1O. The van der Waals surface area contributed by atoms with Gasteiger partial charge in [-0.2, -0.15) is 78.4 Å². The van der Waals surface area contributed by atoms with Gasteiger partial charge in [0.1, 0.15) is 70.8 Å². The predicted octanol–water partition coefficient (Wildman–Crippen LogP) is 19.7. The second kappa shape index (κ2) is 46.4. The molecule has 5 aliphatic rings. The van der Waals surface area contributed by atoms with E-state index in [-0.39, 0.29) is 143 Å². The molecule has 0 aliphatic heterocycles. The molecule has 11 atom stereocenters. The second-order valence-electron chi connectivity index (χ2n) is 39.7. The molecule has 11 N–H and O–H groups in total. The summed E-state index contributed by atoms with van der Waals surface area (Å²) in [5.41, 5.74) is 2.17. The molecule has 5 fully saturated rings. The first-order valence-corrected chi connectivity index (χ1v) is 47.4. The van der Waals surface area contributed by atoms with E-state index in [0.29, 0.717) is 110 Å². The van der Waals surface area contributed by atoms with Gasteiger partial charge >= 0.3 is 24.7 Å². The van der Waals surface area contributed by atoms with Crippen LogP contribution >= 0.6 is 0 Å². The average molecular weight is 2020 g/mol. The van der Waals surface area contributed by atoms with Gasteiger partial charge in [0.2, 0.25) is 23.8 Å². The van der Waals surface area contributed by atoms with Gasteiger partial charge < -0.3 is 57.6 Å². The van der Waals surface area contributed by atoms with E-state index in [1.54, 1.807) is 31.2 Å². The molecule has 772 valence electrons. The number of benzene rings is 2. The highest BCUT2D eigenvalue weighted by Crippen LogP contribution is 2.56. The summed E-state index contributed by atoms with van der Waals surface area (Å²) in [5, 5.41) is 88.0. The van der Waals surface area contributed by atoms with Gasteiger partial charge in [0.15, 0.2) is 0 Å². The van der Waals surface area contributed by atoms with Crippen molar-refractivity contribution in [2.75, 3.05) is 50.4 Å². The van der Waals surface area contributed by atoms with Crippen LogP contribution in [-0.2, 0) is 95.3 Å². The number of halogens is 14. The molecular weight excluding hydrogens is 1890 g/mol. The van der Waals surface area contributed by atoms with Crippen molar-refractivity contribution >= 4 is 41.2 Å². The van der Waals surface area contributed by atoms with Crippen LogP contribution in [-0.4, -0.2) is 138 Å². The number of hydrogen-bond acceptors (Lipinski definition) is 29. The quantitative estimate of drug-likeness (QED) is 0.0186. The molecule has 15 rings (SSSR count). The Morgan fingerprint density at radius 1 is 0.417 bits per heavy atom. The zero-order valence-corrected chi connectivity index (χ0v) is 82.4. The Balaban J connectivity index is 0.000000172. The normalized spacial score (nSPS) is 21.6. The van der Waals surface area contributed by atoms with Crippen molar-refractivity contribution in [2.24, 2.45) is 57.2 Å². The minimum absolute atomic E-state index is 0.0143. The number of aromatic nitrogens is 15. The van der Waals surface area contributed by atoms with Crippen molar-refractivity contribution in [1.29, 1.82) is 15.8 Å². The average Bonchev–Trinajstić information content (AvgIpc) is 0.730. The molecule has 2 aromatic carbocycles. The molecular formula is C101H121F14N25O4. The summed E-state index contributed by atoms with van der Waals surface area (Å²) in [6, 6.07) is 17.1. The number of nitrogens with one attached hydrogen (secondary N) is 7. The van der Waals surface area contributed by atoms with Crippen molar-refractivity contribution in [3.05, 3.63) is 224 Å². The van der Waals surface area contributed by atoms with Crippen LogP contribution in [0.4, 0.5) is 103 Å². The fourth-order valence-electron chi connectivity index (χ4n) is 18.2. The smallest absolute Gasteiger partial charge is 0.396 e. The molecule has 5 aliphatic carbocycles. The summed E-state index contributed by atoms with van der Waals surface area (Å²) in [6.45, 7) is 28.1. The molecule has 8 heterocycles. The molecule has 0 saturated heterocycles. The van der Waals surface area contributed by atoms with Gasteiger partial charge in [0, 0.05) is 136 Å². The van der Waals surface area contributed by atoms with Crippen LogP contribution in [0.3, 0.4) is 0 Å². The first-order chi connectivity index (χ1) is 67.7. The molecule has 2 unspecified atom stereocenters. The minimum Gasteiger partial charge on any atom is -0.396 e. The van der Waals surface area contributed by atoms with Crippen LogP contribution in [0.15, 0.2) is 123 Å². The molecule has 0 radical (unpaired) electrons. The fourth-order valence-corrected chi connectivity index (χ4v) is 18.2. The number of hydrogen-bond donors (Lipinski definition) is 11. The lowest BCUT2D eigenvalue weighted by atomic mass is 9.51. The Hall–Kier alpha value is -12.9. The third-order valence-corrected chi connectivity index (χ3v) is 29.3. The largest absolute Gasteiger partial charge is 0.421 e. The van der Waals surface area contributed by atoms with E-state index in [0.717, 1.165) is 78.6 Å². The van der Waals surface area contributed by atoms with E-state index in [4.69, 9.17) is 0 Å². The van der Waals surface area contributed by atoms with Gasteiger partial charge in [0.05, 0.1) is 63.9 Å². The summed E-state index contributed by atoms with van der Waals surface area (Å²) in [4.78, 5) is 62.1. The fraction of sp³-hybridized carbons (Fsp3) is 0.525. The van der Waals surface area contributed by atoms with Crippen LogP contribution in [0.2, 0.25) is 0 Å². The molecule has 0 bridgehead atoms. The van der Waals surface area contributed by atoms with Gasteiger partial charge in [-0.05, 0) is 176 Å². The van der Waals surface area contributed by atoms with Gasteiger partial charge in [0.25, 0.3) is 5.92 Å². The third-order valence-electron chi connectivity index (χ3n) is 29.3. The number of aliphatic hydroxyl groups is 4. The van der Waals surface area contributed by atoms with Gasteiger partial charge in [-0.1, -0.05) is 119 Å². The highest BCUT2D eigenvalue weighted by atomic mass is 19.4. The predicted molar refractivity (Wildman–Crippen MR) is 511 cm³/mol. The molecule has 0 amide bonds. The molecule has 43 heteroatoms. The van der Waals surface area contributed by atoms with E-state index < -0.39 is 75.8 Å². The number of anilines is 7. The van der Waals surface area contributed by atoms with Crippen molar-refractivity contribution in [3.63, 3.8) is 0 Å².